The summed E-state index contributed by atoms with van der Waals surface area (Å²) >= 11 is 0. The molecule has 0 spiro atoms. The van der Waals surface area contributed by atoms with Gasteiger partial charge in [0, 0.05) is 13.1 Å². The first kappa shape index (κ1) is 12.7. The average molecular weight is 225 g/mol. The van der Waals surface area contributed by atoms with Gasteiger partial charge in [-0.2, -0.15) is 0 Å². The number of ether oxygens (including phenoxy) is 1. The molecular formula is C12H19NO3. The average Bonchev–Trinajstić information content (AvgIpc) is 2.37. The fourth-order valence-electron chi connectivity index (χ4n) is 1.95. The van der Waals surface area contributed by atoms with Crippen molar-refractivity contribution in [3.8, 4) is 5.75 Å². The van der Waals surface area contributed by atoms with Crippen molar-refractivity contribution in [1.82, 2.24) is 0 Å². The Morgan fingerprint density at radius 1 is 1.00 bits per heavy atom. The Morgan fingerprint density at radius 3 is 2.06 bits per heavy atom. The zero-order chi connectivity index (χ0) is 12.1. The summed E-state index contributed by atoms with van der Waals surface area (Å²) in [6.07, 6.45) is 3.37. The van der Waals surface area contributed by atoms with Gasteiger partial charge in [-0.05, 0) is 19.3 Å². The highest BCUT2D eigenvalue weighted by atomic mass is 16.5. The van der Waals surface area contributed by atoms with Crippen LogP contribution in [-0.2, 0) is 0 Å². The van der Waals surface area contributed by atoms with E-state index in [0.717, 1.165) is 25.9 Å². The topological polar surface area (TPSA) is 46.6 Å². The smallest absolute Gasteiger partial charge is 0.272 e. The highest BCUT2D eigenvalue weighted by molar-refractivity contribution is 5.63. The van der Waals surface area contributed by atoms with Gasteiger partial charge in [-0.15, -0.1) is 0 Å². The highest BCUT2D eigenvalue weighted by Gasteiger charge is 2.27. The molecule has 1 aliphatic rings. The van der Waals surface area contributed by atoms with Gasteiger partial charge in [-0.1, -0.05) is 13.8 Å². The molecule has 0 atom stereocenters. The van der Waals surface area contributed by atoms with E-state index in [2.05, 4.69) is 0 Å². The zero-order valence-electron chi connectivity index (χ0n) is 10.2. The van der Waals surface area contributed by atoms with Crippen molar-refractivity contribution in [2.24, 2.45) is 0 Å². The molecule has 1 saturated heterocycles. The van der Waals surface area contributed by atoms with Gasteiger partial charge in [-0.3, -0.25) is 9.59 Å². The third kappa shape index (κ3) is 2.10. The van der Waals surface area contributed by atoms with Crippen molar-refractivity contribution < 1.29 is 4.74 Å². The zero-order valence-corrected chi connectivity index (χ0v) is 10.2. The lowest BCUT2D eigenvalue weighted by molar-refractivity contribution is 0.402. The second kappa shape index (κ2) is 5.68. The molecule has 0 N–H and O–H groups in total. The van der Waals surface area contributed by atoms with Gasteiger partial charge in [0.2, 0.25) is 0 Å². The number of nitrogens with zero attached hydrogens (tertiary/aromatic N) is 1. The first-order valence-corrected chi connectivity index (χ1v) is 5.88. The van der Waals surface area contributed by atoms with Crippen LogP contribution in [0.15, 0.2) is 9.59 Å². The maximum atomic E-state index is 11.3. The van der Waals surface area contributed by atoms with Crippen LogP contribution in [0.5, 0.6) is 5.75 Å². The Labute approximate surface area is 95.5 Å². The minimum atomic E-state index is -0.479. The van der Waals surface area contributed by atoms with Crippen molar-refractivity contribution in [2.45, 2.75) is 33.1 Å². The summed E-state index contributed by atoms with van der Waals surface area (Å²) in [5.74, 6) is 0.247. The van der Waals surface area contributed by atoms with Crippen LogP contribution in [-0.4, -0.2) is 20.2 Å². The van der Waals surface area contributed by atoms with Gasteiger partial charge in [0.25, 0.3) is 10.9 Å². The van der Waals surface area contributed by atoms with E-state index < -0.39 is 5.43 Å². The van der Waals surface area contributed by atoms with Gasteiger partial charge in [0.1, 0.15) is 5.69 Å². The molecule has 0 aliphatic carbocycles. The molecule has 1 fully saturated rings. The Bertz CT molecular complexity index is 398. The van der Waals surface area contributed by atoms with E-state index >= 15 is 0 Å². The Balaban J connectivity index is 0.000000606. The van der Waals surface area contributed by atoms with Crippen molar-refractivity contribution in [2.75, 3.05) is 25.1 Å². The normalized spacial score (nSPS) is 15.6. The molecule has 4 nitrogen and oxygen atoms in total. The van der Waals surface area contributed by atoms with Crippen molar-refractivity contribution in [3.63, 3.8) is 0 Å². The lowest BCUT2D eigenvalue weighted by atomic mass is 10.1. The molecule has 1 heterocycles. The summed E-state index contributed by atoms with van der Waals surface area (Å²) in [5, 5.41) is 0. The first-order valence-electron chi connectivity index (χ1n) is 5.88. The molecule has 0 radical (unpaired) electrons. The number of anilines is 1. The second-order valence-corrected chi connectivity index (χ2v) is 3.59. The molecular weight excluding hydrogens is 206 g/mol. The van der Waals surface area contributed by atoms with Gasteiger partial charge in [0.05, 0.1) is 7.11 Å². The lowest BCUT2D eigenvalue weighted by Crippen LogP contribution is -2.43. The molecule has 2 rings (SSSR count). The number of methoxy groups -OCH3 is 1. The van der Waals surface area contributed by atoms with E-state index in [0.29, 0.717) is 5.69 Å². The summed E-state index contributed by atoms with van der Waals surface area (Å²) in [5.41, 5.74) is -0.367. The minimum absolute atomic E-state index is 0.247. The monoisotopic (exact) mass is 225 g/mol. The third-order valence-corrected chi connectivity index (χ3v) is 2.72. The van der Waals surface area contributed by atoms with E-state index in [1.807, 2.05) is 18.7 Å². The van der Waals surface area contributed by atoms with Gasteiger partial charge in [-0.25, -0.2) is 0 Å². The maximum absolute atomic E-state index is 11.3. The van der Waals surface area contributed by atoms with Gasteiger partial charge in [0.15, 0.2) is 5.75 Å². The van der Waals surface area contributed by atoms with E-state index in [-0.39, 0.29) is 11.2 Å². The van der Waals surface area contributed by atoms with Gasteiger partial charge >= 0.3 is 0 Å². The molecule has 0 amide bonds. The maximum Gasteiger partial charge on any atom is 0.272 e. The molecule has 4 heteroatoms. The standard InChI is InChI=1S/C10H13NO3.C2H6/c1-14-10-7(8(12)9(10)13)11-5-3-2-4-6-11;1-2/h2-6H2,1H3;1-2H3. The molecule has 0 saturated carbocycles. The van der Waals surface area contributed by atoms with Crippen molar-refractivity contribution >= 4 is 5.69 Å². The Kier molecular flexibility index (Phi) is 4.52. The predicted octanol–water partition coefficient (Wildman–Crippen LogP) is 1.31. The number of hydrogen-bond donors (Lipinski definition) is 0. The number of piperidine rings is 1. The molecule has 16 heavy (non-hydrogen) atoms. The fourth-order valence-corrected chi connectivity index (χ4v) is 1.95. The van der Waals surface area contributed by atoms with Crippen molar-refractivity contribution in [3.05, 3.63) is 20.4 Å². The summed E-state index contributed by atoms with van der Waals surface area (Å²) < 4.78 is 4.90. The number of rotatable bonds is 2. The molecule has 90 valence electrons. The quantitative estimate of drug-likeness (QED) is 0.712. The van der Waals surface area contributed by atoms with E-state index in [1.54, 1.807) is 0 Å². The summed E-state index contributed by atoms with van der Waals surface area (Å²) in [6.45, 7) is 5.72. The Morgan fingerprint density at radius 2 is 1.56 bits per heavy atom. The van der Waals surface area contributed by atoms with Crippen LogP contribution in [0.4, 0.5) is 5.69 Å². The molecule has 1 aromatic carbocycles. The summed E-state index contributed by atoms with van der Waals surface area (Å²) in [4.78, 5) is 24.4. The third-order valence-electron chi connectivity index (χ3n) is 2.72. The number of hydrogen-bond acceptors (Lipinski definition) is 4. The molecule has 0 unspecified atom stereocenters. The molecule has 0 bridgehead atoms. The van der Waals surface area contributed by atoms with Crippen molar-refractivity contribution in [1.29, 1.82) is 0 Å². The highest BCUT2D eigenvalue weighted by Crippen LogP contribution is 2.24. The van der Waals surface area contributed by atoms with E-state index in [1.165, 1.54) is 13.5 Å². The minimum Gasteiger partial charge on any atom is -0.491 e. The van der Waals surface area contributed by atoms with Crippen LogP contribution in [0.3, 0.4) is 0 Å². The molecule has 1 aromatic rings. The largest absolute Gasteiger partial charge is 0.491 e. The van der Waals surface area contributed by atoms with Crippen LogP contribution in [0.2, 0.25) is 0 Å². The van der Waals surface area contributed by atoms with Crippen LogP contribution < -0.4 is 20.5 Å². The van der Waals surface area contributed by atoms with Crippen LogP contribution >= 0.6 is 0 Å². The summed E-state index contributed by atoms with van der Waals surface area (Å²) in [6, 6.07) is 0. The first-order chi connectivity index (χ1) is 7.75. The second-order valence-electron chi connectivity index (χ2n) is 3.59. The SMILES string of the molecule is CC.COc1c(N2CCCCC2)c(=O)c1=O. The fraction of sp³-hybridized carbons (Fsp3) is 0.667. The van der Waals surface area contributed by atoms with Crippen LogP contribution in [0, 0.1) is 0 Å². The Hall–Kier alpha value is -1.32. The molecule has 1 aliphatic heterocycles. The summed E-state index contributed by atoms with van der Waals surface area (Å²) in [7, 11) is 1.43. The van der Waals surface area contributed by atoms with E-state index in [4.69, 9.17) is 4.74 Å². The van der Waals surface area contributed by atoms with E-state index in [9.17, 15) is 9.59 Å². The predicted molar refractivity (Wildman–Crippen MR) is 65.3 cm³/mol. The lowest BCUT2D eigenvalue weighted by Gasteiger charge is -2.29. The van der Waals surface area contributed by atoms with Crippen LogP contribution in [0.1, 0.15) is 33.1 Å². The molecule has 0 aromatic heterocycles. The van der Waals surface area contributed by atoms with Gasteiger partial charge < -0.3 is 9.64 Å². The van der Waals surface area contributed by atoms with Crippen LogP contribution in [0.25, 0.3) is 0 Å².